The van der Waals surface area contributed by atoms with Crippen molar-refractivity contribution in [2.75, 3.05) is 39.8 Å². The molecule has 0 unspecified atom stereocenters. The fourth-order valence-corrected chi connectivity index (χ4v) is 4.81. The normalized spacial score (nSPS) is 15.9. The van der Waals surface area contributed by atoms with Gasteiger partial charge in [0.25, 0.3) is 0 Å². The van der Waals surface area contributed by atoms with Crippen LogP contribution in [0, 0.1) is 0 Å². The summed E-state index contributed by atoms with van der Waals surface area (Å²) >= 11 is 5.57. The molecule has 0 atom stereocenters. The van der Waals surface area contributed by atoms with E-state index in [-0.39, 0.29) is 0 Å². The van der Waals surface area contributed by atoms with E-state index < -0.39 is 44.1 Å². The number of benzene rings is 2. The van der Waals surface area contributed by atoms with Gasteiger partial charge in [-0.2, -0.15) is 17.5 Å². The lowest BCUT2D eigenvalue weighted by molar-refractivity contribution is -0.137. The van der Waals surface area contributed by atoms with E-state index in [4.69, 9.17) is 11.6 Å². The van der Waals surface area contributed by atoms with Gasteiger partial charge in [0.15, 0.2) is 0 Å². The van der Waals surface area contributed by atoms with E-state index in [0.29, 0.717) is 32.2 Å². The second kappa shape index (κ2) is 9.78. The Balaban J connectivity index is 1.61. The fourth-order valence-electron chi connectivity index (χ4n) is 3.43. The van der Waals surface area contributed by atoms with Crippen LogP contribution in [0.3, 0.4) is 0 Å². The number of halogens is 4. The molecule has 174 valence electrons. The van der Waals surface area contributed by atoms with Gasteiger partial charge in [-0.3, -0.25) is 9.69 Å². The number of piperazine rings is 1. The highest BCUT2D eigenvalue weighted by molar-refractivity contribution is 7.89. The van der Waals surface area contributed by atoms with E-state index in [1.54, 1.807) is 4.90 Å². The average Bonchev–Trinajstić information content (AvgIpc) is 2.74. The van der Waals surface area contributed by atoms with E-state index in [2.05, 4.69) is 4.90 Å². The van der Waals surface area contributed by atoms with Gasteiger partial charge in [0.1, 0.15) is 0 Å². The quantitative estimate of drug-likeness (QED) is 0.624. The Morgan fingerprint density at radius 3 is 2.28 bits per heavy atom. The number of hydrogen-bond acceptors (Lipinski definition) is 4. The molecule has 0 aliphatic carbocycles. The monoisotopic (exact) mass is 489 g/mol. The molecule has 1 aliphatic rings. The van der Waals surface area contributed by atoms with Crippen molar-refractivity contribution in [2.45, 2.75) is 17.6 Å². The molecular formula is C21H23ClF3N3O3S. The lowest BCUT2D eigenvalue weighted by Crippen LogP contribution is -2.51. The summed E-state index contributed by atoms with van der Waals surface area (Å²) in [6.45, 7) is 2.46. The van der Waals surface area contributed by atoms with Gasteiger partial charge in [0, 0.05) is 39.8 Å². The minimum Gasteiger partial charge on any atom is -0.339 e. The molecule has 0 bridgehead atoms. The van der Waals surface area contributed by atoms with Crippen LogP contribution in [0.2, 0.25) is 5.02 Å². The molecular weight excluding hydrogens is 467 g/mol. The van der Waals surface area contributed by atoms with Gasteiger partial charge >= 0.3 is 6.18 Å². The zero-order valence-electron chi connectivity index (χ0n) is 17.3. The molecule has 0 N–H and O–H groups in total. The van der Waals surface area contributed by atoms with Crippen LogP contribution in [-0.4, -0.2) is 68.2 Å². The molecule has 6 nitrogen and oxygen atoms in total. The molecule has 32 heavy (non-hydrogen) atoms. The maximum atomic E-state index is 13.1. The van der Waals surface area contributed by atoms with E-state index in [1.165, 1.54) is 12.6 Å². The highest BCUT2D eigenvalue weighted by Crippen LogP contribution is 2.36. The van der Waals surface area contributed by atoms with Gasteiger partial charge < -0.3 is 4.90 Å². The standard InChI is InChI=1S/C21H23ClF3N3O3S/c1-26(32(30,31)17-7-8-19(22)18(13-17)21(23,24)25)15-20(29)28-11-9-27(10-12-28)14-16-5-3-2-4-6-16/h2-8,13H,9-12,14-15H2,1H3. The molecule has 0 radical (unpaired) electrons. The van der Waals surface area contributed by atoms with Crippen molar-refractivity contribution in [1.82, 2.24) is 14.1 Å². The highest BCUT2D eigenvalue weighted by Gasteiger charge is 2.35. The second-order valence-corrected chi connectivity index (χ2v) is 10.00. The van der Waals surface area contributed by atoms with E-state index in [9.17, 15) is 26.4 Å². The molecule has 2 aromatic carbocycles. The van der Waals surface area contributed by atoms with E-state index in [1.807, 2.05) is 30.3 Å². The number of rotatable bonds is 6. The zero-order chi connectivity index (χ0) is 23.5. The number of carbonyl (C=O) groups is 1. The highest BCUT2D eigenvalue weighted by atomic mass is 35.5. The Bertz CT molecular complexity index is 1060. The van der Waals surface area contributed by atoms with Crippen LogP contribution in [0.4, 0.5) is 13.2 Å². The Kier molecular flexibility index (Phi) is 7.49. The largest absolute Gasteiger partial charge is 0.417 e. The Labute approximate surface area is 190 Å². The van der Waals surface area contributed by atoms with Gasteiger partial charge in [-0.25, -0.2) is 8.42 Å². The number of carbonyl (C=O) groups excluding carboxylic acids is 1. The second-order valence-electron chi connectivity index (χ2n) is 7.54. The fraction of sp³-hybridized carbons (Fsp3) is 0.381. The van der Waals surface area contributed by atoms with Crippen molar-refractivity contribution >= 4 is 27.5 Å². The Hall–Kier alpha value is -2.14. The summed E-state index contributed by atoms with van der Waals surface area (Å²) < 4.78 is 65.5. The Morgan fingerprint density at radius 2 is 1.69 bits per heavy atom. The molecule has 1 aliphatic heterocycles. The molecule has 0 aromatic heterocycles. The lowest BCUT2D eigenvalue weighted by Gasteiger charge is -2.35. The summed E-state index contributed by atoms with van der Waals surface area (Å²) in [5, 5.41) is -0.594. The van der Waals surface area contributed by atoms with E-state index in [0.717, 1.165) is 23.0 Å². The van der Waals surface area contributed by atoms with Crippen LogP contribution in [0.1, 0.15) is 11.1 Å². The van der Waals surface area contributed by atoms with Gasteiger partial charge in [0.2, 0.25) is 15.9 Å². The molecule has 0 saturated carbocycles. The van der Waals surface area contributed by atoms with Crippen LogP contribution in [0.25, 0.3) is 0 Å². The number of nitrogens with zero attached hydrogens (tertiary/aromatic N) is 3. The number of sulfonamides is 1. The third-order valence-corrected chi connectivity index (χ3v) is 7.41. The van der Waals surface area contributed by atoms with Crippen LogP contribution in [0.15, 0.2) is 53.4 Å². The van der Waals surface area contributed by atoms with Gasteiger partial charge in [0.05, 0.1) is 22.0 Å². The maximum absolute atomic E-state index is 13.1. The molecule has 3 rings (SSSR count). The first kappa shape index (κ1) is 24.5. The van der Waals surface area contributed by atoms with Crippen molar-refractivity contribution in [3.05, 3.63) is 64.7 Å². The molecule has 1 amide bonds. The maximum Gasteiger partial charge on any atom is 0.417 e. The predicted molar refractivity (Wildman–Crippen MR) is 115 cm³/mol. The van der Waals surface area contributed by atoms with E-state index >= 15 is 0 Å². The molecule has 1 heterocycles. The van der Waals surface area contributed by atoms with Crippen molar-refractivity contribution in [3.8, 4) is 0 Å². The van der Waals surface area contributed by atoms with Gasteiger partial charge in [-0.1, -0.05) is 41.9 Å². The molecule has 1 saturated heterocycles. The topological polar surface area (TPSA) is 60.9 Å². The third kappa shape index (κ3) is 5.80. The first-order valence-electron chi connectivity index (χ1n) is 9.85. The average molecular weight is 490 g/mol. The minimum absolute atomic E-state index is 0.402. The number of alkyl halides is 3. The number of likely N-dealkylation sites (N-methyl/N-ethyl adjacent to an activating group) is 1. The summed E-state index contributed by atoms with van der Waals surface area (Å²) in [6.07, 6.45) is -4.80. The minimum atomic E-state index is -4.80. The van der Waals surface area contributed by atoms with Gasteiger partial charge in [-0.05, 0) is 23.8 Å². The first-order valence-corrected chi connectivity index (χ1v) is 11.7. The lowest BCUT2D eigenvalue weighted by atomic mass is 10.2. The predicted octanol–water partition coefficient (Wildman–Crippen LogP) is 3.32. The SMILES string of the molecule is CN(CC(=O)N1CCN(Cc2ccccc2)CC1)S(=O)(=O)c1ccc(Cl)c(C(F)(F)F)c1. The van der Waals surface area contributed by atoms with Crippen LogP contribution >= 0.6 is 11.6 Å². The molecule has 2 aromatic rings. The van der Waals surface area contributed by atoms with Crippen molar-refractivity contribution in [2.24, 2.45) is 0 Å². The number of hydrogen-bond donors (Lipinski definition) is 0. The van der Waals surface area contributed by atoms with Crippen molar-refractivity contribution < 1.29 is 26.4 Å². The summed E-state index contributed by atoms with van der Waals surface area (Å²) in [7, 11) is -3.14. The summed E-state index contributed by atoms with van der Waals surface area (Å²) in [4.78, 5) is 15.8. The number of amides is 1. The van der Waals surface area contributed by atoms with Crippen molar-refractivity contribution in [3.63, 3.8) is 0 Å². The molecule has 1 fully saturated rings. The zero-order valence-corrected chi connectivity index (χ0v) is 18.9. The Morgan fingerprint density at radius 1 is 1.06 bits per heavy atom. The smallest absolute Gasteiger partial charge is 0.339 e. The van der Waals surface area contributed by atoms with Crippen LogP contribution in [0.5, 0.6) is 0 Å². The summed E-state index contributed by atoms with van der Waals surface area (Å²) in [5.41, 5.74) is -0.0752. The van der Waals surface area contributed by atoms with Gasteiger partial charge in [-0.15, -0.1) is 0 Å². The summed E-state index contributed by atoms with van der Waals surface area (Å²) in [5.74, 6) is -0.402. The summed E-state index contributed by atoms with van der Waals surface area (Å²) in [6, 6.07) is 12.3. The van der Waals surface area contributed by atoms with Crippen LogP contribution < -0.4 is 0 Å². The first-order chi connectivity index (χ1) is 15.0. The third-order valence-electron chi connectivity index (χ3n) is 5.28. The molecule has 11 heteroatoms. The van der Waals surface area contributed by atoms with Crippen LogP contribution in [-0.2, 0) is 27.5 Å². The molecule has 0 spiro atoms. The van der Waals surface area contributed by atoms with Crippen molar-refractivity contribution in [1.29, 1.82) is 0 Å².